The van der Waals surface area contributed by atoms with Crippen LogP contribution < -0.4 is 5.32 Å². The van der Waals surface area contributed by atoms with Crippen molar-refractivity contribution in [1.82, 2.24) is 19.5 Å². The number of likely N-dealkylation sites (N-methyl/N-ethyl adjacent to an activating group) is 1. The summed E-state index contributed by atoms with van der Waals surface area (Å²) in [6, 6.07) is 17.5. The van der Waals surface area contributed by atoms with Gasteiger partial charge in [0.2, 0.25) is 0 Å². The molecule has 0 spiro atoms. The highest BCUT2D eigenvalue weighted by molar-refractivity contribution is 9.10. The molecule has 2 aromatic heterocycles. The maximum atomic E-state index is 10.8. The molecule has 212 valence electrons. The van der Waals surface area contributed by atoms with E-state index in [1.54, 1.807) is 53.2 Å². The maximum absolute atomic E-state index is 10.8. The standard InChI is InChI=1S/C23H28BrN5O.C7H8O2S/c1-4-5-9-17(2)16-28(3)13-8-12-25-22-14-20(18-10-6-7-11-21(18)30)27-23-19(24)15-26-29(22)23;1-10(8,9)7-5-3-2-4-6-7/h4-7,9-11,14-15,25,30H,8,12-13,16H2,1-3H3;2-6H,1H3/b5-4-,17-9+;. The van der Waals surface area contributed by atoms with Crippen molar-refractivity contribution in [2.45, 2.75) is 25.2 Å². The number of fused-ring (bicyclic) bond motifs is 1. The Morgan fingerprint density at radius 3 is 2.50 bits per heavy atom. The van der Waals surface area contributed by atoms with Gasteiger partial charge in [-0.05, 0) is 74.1 Å². The van der Waals surface area contributed by atoms with Crippen molar-refractivity contribution in [3.8, 4) is 17.0 Å². The van der Waals surface area contributed by atoms with Crippen LogP contribution in [0.4, 0.5) is 5.82 Å². The SMILES string of the molecule is C/C=C\C=C(/C)CN(C)CCCNc1cc(-c2ccccc2O)nc2c(Br)cnn12.CS(=O)(=O)c1ccccc1. The van der Waals surface area contributed by atoms with E-state index in [4.69, 9.17) is 0 Å². The first-order valence-electron chi connectivity index (χ1n) is 12.9. The fourth-order valence-electron chi connectivity index (χ4n) is 3.94. The lowest BCUT2D eigenvalue weighted by Crippen LogP contribution is -2.23. The molecule has 2 N–H and O–H groups in total. The first-order valence-corrected chi connectivity index (χ1v) is 15.6. The van der Waals surface area contributed by atoms with Gasteiger partial charge in [0.1, 0.15) is 11.6 Å². The largest absolute Gasteiger partial charge is 0.507 e. The molecule has 0 fully saturated rings. The Labute approximate surface area is 245 Å². The Hall–Kier alpha value is -3.47. The number of nitrogens with one attached hydrogen (secondary N) is 1. The number of benzene rings is 2. The summed E-state index contributed by atoms with van der Waals surface area (Å²) in [5, 5.41) is 18.1. The zero-order valence-electron chi connectivity index (χ0n) is 23.3. The molecular formula is C30H36BrN5O3S. The Balaban J connectivity index is 0.000000371. The summed E-state index contributed by atoms with van der Waals surface area (Å²) in [4.78, 5) is 7.36. The molecule has 0 aliphatic rings. The van der Waals surface area contributed by atoms with Crippen LogP contribution in [0.3, 0.4) is 0 Å². The van der Waals surface area contributed by atoms with Gasteiger partial charge in [0, 0.05) is 31.0 Å². The highest BCUT2D eigenvalue weighted by atomic mass is 79.9. The van der Waals surface area contributed by atoms with Gasteiger partial charge >= 0.3 is 0 Å². The molecule has 0 radical (unpaired) electrons. The van der Waals surface area contributed by atoms with Crippen LogP contribution in [0.15, 0.2) is 100 Å². The number of phenolic OH excluding ortho intramolecular Hbond substituents is 1. The second kappa shape index (κ2) is 14.8. The number of rotatable bonds is 10. The average molecular weight is 627 g/mol. The minimum atomic E-state index is -3.00. The summed E-state index contributed by atoms with van der Waals surface area (Å²) in [7, 11) is -0.865. The molecule has 8 nitrogen and oxygen atoms in total. The van der Waals surface area contributed by atoms with E-state index in [2.05, 4.69) is 62.4 Å². The molecule has 40 heavy (non-hydrogen) atoms. The number of phenols is 1. The van der Waals surface area contributed by atoms with Crippen LogP contribution in [0.1, 0.15) is 20.3 Å². The molecule has 2 heterocycles. The molecule has 4 rings (SSSR count). The average Bonchev–Trinajstić information content (AvgIpc) is 3.31. The quantitative estimate of drug-likeness (QED) is 0.160. The summed E-state index contributed by atoms with van der Waals surface area (Å²) in [5.41, 5.74) is 3.44. The molecule has 0 atom stereocenters. The van der Waals surface area contributed by atoms with Crippen LogP contribution in [0.25, 0.3) is 16.9 Å². The highest BCUT2D eigenvalue weighted by Gasteiger charge is 2.13. The van der Waals surface area contributed by atoms with E-state index < -0.39 is 9.84 Å². The Morgan fingerprint density at radius 1 is 1.15 bits per heavy atom. The number of hydrogen-bond donors (Lipinski definition) is 2. The second-order valence-corrected chi connectivity index (χ2v) is 12.3. The third-order valence-electron chi connectivity index (χ3n) is 5.90. The normalized spacial score (nSPS) is 12.1. The van der Waals surface area contributed by atoms with Gasteiger partial charge in [0.05, 0.1) is 21.3 Å². The van der Waals surface area contributed by atoms with Crippen LogP contribution in [0.5, 0.6) is 5.75 Å². The lowest BCUT2D eigenvalue weighted by Gasteiger charge is -2.17. The van der Waals surface area contributed by atoms with Crippen molar-refractivity contribution in [3.63, 3.8) is 0 Å². The lowest BCUT2D eigenvalue weighted by molar-refractivity contribution is 0.360. The van der Waals surface area contributed by atoms with Gasteiger partial charge in [-0.1, -0.05) is 54.1 Å². The van der Waals surface area contributed by atoms with Crippen molar-refractivity contribution in [2.24, 2.45) is 0 Å². The lowest BCUT2D eigenvalue weighted by atomic mass is 10.1. The number of anilines is 1. The van der Waals surface area contributed by atoms with Crippen molar-refractivity contribution in [1.29, 1.82) is 0 Å². The number of sulfone groups is 1. The molecule has 0 amide bonds. The molecule has 0 saturated carbocycles. The van der Waals surface area contributed by atoms with E-state index in [1.807, 2.05) is 31.2 Å². The fourth-order valence-corrected chi connectivity index (χ4v) is 4.94. The molecule has 2 aromatic carbocycles. The van der Waals surface area contributed by atoms with Gasteiger partial charge in [-0.15, -0.1) is 0 Å². The van der Waals surface area contributed by atoms with Gasteiger partial charge in [0.15, 0.2) is 15.5 Å². The number of halogens is 1. The van der Waals surface area contributed by atoms with E-state index in [1.165, 1.54) is 11.8 Å². The van der Waals surface area contributed by atoms with Gasteiger partial charge in [0.25, 0.3) is 0 Å². The first-order chi connectivity index (χ1) is 19.1. The van der Waals surface area contributed by atoms with Crippen LogP contribution >= 0.6 is 15.9 Å². The number of aromatic nitrogens is 3. The summed E-state index contributed by atoms with van der Waals surface area (Å²) >= 11 is 3.52. The minimum Gasteiger partial charge on any atom is -0.507 e. The summed E-state index contributed by atoms with van der Waals surface area (Å²) in [6.45, 7) is 6.92. The minimum absolute atomic E-state index is 0.207. The summed E-state index contributed by atoms with van der Waals surface area (Å²) in [5.74, 6) is 1.05. The van der Waals surface area contributed by atoms with E-state index in [9.17, 15) is 13.5 Å². The Bertz CT molecular complexity index is 1570. The molecule has 10 heteroatoms. The smallest absolute Gasteiger partial charge is 0.175 e. The molecule has 0 saturated heterocycles. The monoisotopic (exact) mass is 625 g/mol. The van der Waals surface area contributed by atoms with Crippen molar-refractivity contribution in [2.75, 3.05) is 38.3 Å². The molecule has 0 aliphatic heterocycles. The number of nitrogens with zero attached hydrogens (tertiary/aromatic N) is 4. The molecule has 0 bridgehead atoms. The maximum Gasteiger partial charge on any atom is 0.175 e. The predicted molar refractivity (Wildman–Crippen MR) is 167 cm³/mol. The zero-order chi connectivity index (χ0) is 29.1. The molecule has 0 aliphatic carbocycles. The number of allylic oxidation sites excluding steroid dienone is 3. The van der Waals surface area contributed by atoms with Crippen molar-refractivity contribution >= 4 is 37.2 Å². The van der Waals surface area contributed by atoms with Crippen molar-refractivity contribution < 1.29 is 13.5 Å². The number of hydrogen-bond acceptors (Lipinski definition) is 7. The van der Waals surface area contributed by atoms with Crippen LogP contribution in [-0.4, -0.2) is 66.0 Å². The molecule has 4 aromatic rings. The van der Waals surface area contributed by atoms with E-state index in [0.717, 1.165) is 36.3 Å². The predicted octanol–water partition coefficient (Wildman–Crippen LogP) is 6.21. The topological polar surface area (TPSA) is 99.8 Å². The number of aromatic hydroxyl groups is 1. The van der Waals surface area contributed by atoms with E-state index in [0.29, 0.717) is 21.8 Å². The second-order valence-electron chi connectivity index (χ2n) is 9.41. The van der Waals surface area contributed by atoms with Gasteiger partial charge in [-0.25, -0.2) is 13.4 Å². The van der Waals surface area contributed by atoms with Gasteiger partial charge in [-0.2, -0.15) is 9.61 Å². The number of para-hydroxylation sites is 1. The third-order valence-corrected chi connectivity index (χ3v) is 7.58. The highest BCUT2D eigenvalue weighted by Crippen LogP contribution is 2.31. The van der Waals surface area contributed by atoms with Crippen LogP contribution in [0, 0.1) is 0 Å². The van der Waals surface area contributed by atoms with Crippen LogP contribution in [0.2, 0.25) is 0 Å². The summed E-state index contributed by atoms with van der Waals surface area (Å²) in [6.07, 6.45) is 10.2. The van der Waals surface area contributed by atoms with Gasteiger partial charge < -0.3 is 15.3 Å². The Kier molecular flexibility index (Phi) is 11.5. The first kappa shape index (κ1) is 31.1. The molecule has 0 unspecified atom stereocenters. The zero-order valence-corrected chi connectivity index (χ0v) is 25.7. The van der Waals surface area contributed by atoms with Gasteiger partial charge in [-0.3, -0.25) is 0 Å². The third kappa shape index (κ3) is 9.04. The van der Waals surface area contributed by atoms with E-state index >= 15 is 0 Å². The van der Waals surface area contributed by atoms with Crippen LogP contribution in [-0.2, 0) is 9.84 Å². The van der Waals surface area contributed by atoms with Crippen molar-refractivity contribution in [3.05, 3.63) is 95.1 Å². The van der Waals surface area contributed by atoms with E-state index in [-0.39, 0.29) is 5.75 Å². The summed E-state index contributed by atoms with van der Waals surface area (Å²) < 4.78 is 24.3. The molecular weight excluding hydrogens is 590 g/mol. The Morgan fingerprint density at radius 2 is 1.85 bits per heavy atom. The fraction of sp³-hybridized carbons (Fsp3) is 0.267.